The molecule has 0 amide bonds. The fourth-order valence-electron chi connectivity index (χ4n) is 3.73. The third-order valence-electron chi connectivity index (χ3n) is 5.39. The number of fused-ring (bicyclic) bond motifs is 2. The van der Waals surface area contributed by atoms with Crippen molar-refractivity contribution in [3.8, 4) is 0 Å². The van der Waals surface area contributed by atoms with Crippen LogP contribution in [0.3, 0.4) is 0 Å². The van der Waals surface area contributed by atoms with E-state index < -0.39 is 24.0 Å². The quantitative estimate of drug-likeness (QED) is 0.122. The molecule has 10 heteroatoms. The Kier molecular flexibility index (Phi) is 7.45. The van der Waals surface area contributed by atoms with Crippen molar-refractivity contribution in [1.29, 1.82) is 0 Å². The Morgan fingerprint density at radius 2 is 1.69 bits per heavy atom. The Labute approximate surface area is 211 Å². The molecule has 2 N–H and O–H groups in total. The zero-order valence-corrected chi connectivity index (χ0v) is 20.0. The van der Waals surface area contributed by atoms with E-state index in [-0.39, 0.29) is 57.6 Å². The van der Waals surface area contributed by atoms with E-state index in [1.54, 1.807) is 43.3 Å². The minimum Gasteiger partial charge on any atom is -0.467 e. The number of benzene rings is 2. The molecule has 182 valence electrons. The molecular formula is C26H21N3O6S. The molecule has 0 unspecified atom stereocenters. The van der Waals surface area contributed by atoms with Crippen LogP contribution in [0, 0.1) is 0 Å². The normalized spacial score (nSPS) is 12.4. The molecule has 3 aromatic rings. The van der Waals surface area contributed by atoms with Crippen molar-refractivity contribution in [3.63, 3.8) is 0 Å². The number of carbonyl (C=O) groups is 4. The van der Waals surface area contributed by atoms with Gasteiger partial charge in [-0.15, -0.1) is 0 Å². The number of Topliss-reactive ketones (excluding diaryl/α,β-unsaturated/α-hetero) is 1. The second-order valence-electron chi connectivity index (χ2n) is 7.68. The van der Waals surface area contributed by atoms with Crippen molar-refractivity contribution in [2.45, 2.75) is 19.9 Å². The van der Waals surface area contributed by atoms with E-state index in [9.17, 15) is 19.2 Å². The molecule has 0 spiro atoms. The van der Waals surface area contributed by atoms with Crippen molar-refractivity contribution in [1.82, 2.24) is 10.7 Å². The number of carbonyl (C=O) groups excluding carboxylic acids is 4. The van der Waals surface area contributed by atoms with Crippen molar-refractivity contribution in [2.24, 2.45) is 5.10 Å². The molecule has 0 fully saturated rings. The van der Waals surface area contributed by atoms with Gasteiger partial charge in [-0.1, -0.05) is 42.5 Å². The molecule has 9 nitrogen and oxygen atoms in total. The summed E-state index contributed by atoms with van der Waals surface area (Å²) in [6, 6.07) is 14.4. The van der Waals surface area contributed by atoms with Crippen molar-refractivity contribution in [3.05, 3.63) is 94.4 Å². The van der Waals surface area contributed by atoms with Crippen LogP contribution in [0.15, 0.2) is 70.4 Å². The first-order valence-corrected chi connectivity index (χ1v) is 11.5. The highest BCUT2D eigenvalue weighted by Crippen LogP contribution is 2.30. The fourth-order valence-corrected chi connectivity index (χ4v) is 3.85. The molecule has 0 aliphatic heterocycles. The SMILES string of the molecule is CCOC(=O)/C(CC(=O)c1cccc2c1C(=O)c1ccccc1C2=O)=N\NC(=S)NCc1ccco1. The maximum absolute atomic E-state index is 13.3. The number of furan rings is 1. The average Bonchev–Trinajstić information content (AvgIpc) is 3.42. The van der Waals surface area contributed by atoms with Gasteiger partial charge in [-0.25, -0.2) is 4.79 Å². The maximum Gasteiger partial charge on any atom is 0.354 e. The number of thiocarbonyl (C=S) groups is 1. The summed E-state index contributed by atoms with van der Waals surface area (Å²) in [5, 5.41) is 6.93. The topological polar surface area (TPSA) is 127 Å². The number of rotatable bonds is 8. The first-order chi connectivity index (χ1) is 17.4. The van der Waals surface area contributed by atoms with Gasteiger partial charge in [0, 0.05) is 27.8 Å². The van der Waals surface area contributed by atoms with Gasteiger partial charge < -0.3 is 14.5 Å². The van der Waals surface area contributed by atoms with Crippen LogP contribution in [-0.4, -0.2) is 40.8 Å². The summed E-state index contributed by atoms with van der Waals surface area (Å²) in [4.78, 5) is 52.0. The van der Waals surface area contributed by atoms with E-state index >= 15 is 0 Å². The molecule has 4 rings (SSSR count). The van der Waals surface area contributed by atoms with Crippen molar-refractivity contribution < 1.29 is 28.3 Å². The van der Waals surface area contributed by atoms with Gasteiger partial charge in [0.2, 0.25) is 0 Å². The molecule has 0 radical (unpaired) electrons. The van der Waals surface area contributed by atoms with Crippen molar-refractivity contribution in [2.75, 3.05) is 6.61 Å². The van der Waals surface area contributed by atoms with Crippen LogP contribution in [0.2, 0.25) is 0 Å². The fraction of sp³-hybridized carbons (Fsp3) is 0.154. The Bertz CT molecular complexity index is 1390. The predicted molar refractivity (Wildman–Crippen MR) is 134 cm³/mol. The highest BCUT2D eigenvalue weighted by molar-refractivity contribution is 7.80. The molecule has 36 heavy (non-hydrogen) atoms. The number of hydrogen-bond acceptors (Lipinski definition) is 8. The summed E-state index contributed by atoms with van der Waals surface area (Å²) in [6.07, 6.45) is 1.04. The van der Waals surface area contributed by atoms with E-state index in [0.717, 1.165) is 0 Å². The summed E-state index contributed by atoms with van der Waals surface area (Å²) >= 11 is 5.16. The maximum atomic E-state index is 13.3. The Hall–Kier alpha value is -4.44. The Morgan fingerprint density at radius 3 is 2.39 bits per heavy atom. The van der Waals surface area contributed by atoms with E-state index in [1.807, 2.05) is 0 Å². The molecule has 1 aliphatic carbocycles. The number of nitrogens with one attached hydrogen (secondary N) is 2. The highest BCUT2D eigenvalue weighted by atomic mass is 32.1. The van der Waals surface area contributed by atoms with Crippen LogP contribution in [0.5, 0.6) is 0 Å². The summed E-state index contributed by atoms with van der Waals surface area (Å²) in [6.45, 7) is 1.98. The van der Waals surface area contributed by atoms with Gasteiger partial charge in [-0.2, -0.15) is 5.10 Å². The lowest BCUT2D eigenvalue weighted by molar-refractivity contribution is -0.135. The van der Waals surface area contributed by atoms with Crippen LogP contribution < -0.4 is 10.7 Å². The first-order valence-electron chi connectivity index (χ1n) is 11.0. The molecule has 1 heterocycles. The highest BCUT2D eigenvalue weighted by Gasteiger charge is 2.33. The van der Waals surface area contributed by atoms with Crippen LogP contribution in [0.25, 0.3) is 0 Å². The largest absolute Gasteiger partial charge is 0.467 e. The van der Waals surface area contributed by atoms with Crippen molar-refractivity contribution >= 4 is 46.4 Å². The number of ether oxygens (including phenoxy) is 1. The zero-order valence-electron chi connectivity index (χ0n) is 19.2. The molecule has 1 aromatic heterocycles. The summed E-state index contributed by atoms with van der Waals surface area (Å²) in [5.41, 5.74) is 2.97. The predicted octanol–water partition coefficient (Wildman–Crippen LogP) is 3.21. The van der Waals surface area contributed by atoms with Gasteiger partial charge in [0.05, 0.1) is 25.8 Å². The molecule has 0 atom stereocenters. The zero-order chi connectivity index (χ0) is 25.7. The number of ketones is 3. The van der Waals surface area contributed by atoms with Crippen LogP contribution in [0.4, 0.5) is 0 Å². The summed E-state index contributed by atoms with van der Waals surface area (Å²) < 4.78 is 10.2. The minimum atomic E-state index is -0.815. The van der Waals surface area contributed by atoms with Gasteiger partial charge in [0.15, 0.2) is 28.2 Å². The third kappa shape index (κ3) is 5.13. The lowest BCUT2D eigenvalue weighted by Crippen LogP contribution is -2.34. The Morgan fingerprint density at radius 1 is 0.972 bits per heavy atom. The number of hydrazone groups is 1. The van der Waals surface area contributed by atoms with Gasteiger partial charge in [-0.05, 0) is 31.3 Å². The average molecular weight is 504 g/mol. The Balaban J connectivity index is 1.57. The number of hydrogen-bond donors (Lipinski definition) is 2. The van der Waals surface area contributed by atoms with Gasteiger partial charge >= 0.3 is 5.97 Å². The second-order valence-corrected chi connectivity index (χ2v) is 8.09. The minimum absolute atomic E-state index is 0.0120. The lowest BCUT2D eigenvalue weighted by atomic mass is 9.80. The monoisotopic (exact) mass is 503 g/mol. The van der Waals surface area contributed by atoms with Crippen LogP contribution in [0.1, 0.15) is 61.3 Å². The molecule has 1 aliphatic rings. The first kappa shape index (κ1) is 24.7. The summed E-state index contributed by atoms with van der Waals surface area (Å²) in [7, 11) is 0. The number of nitrogens with zero attached hydrogens (tertiary/aromatic N) is 1. The molecule has 2 aromatic carbocycles. The van der Waals surface area contributed by atoms with Gasteiger partial charge in [-0.3, -0.25) is 19.8 Å². The van der Waals surface area contributed by atoms with E-state index in [2.05, 4.69) is 15.8 Å². The standard InChI is InChI=1S/C26H21N3O6S/c1-2-34-25(33)20(28-29-26(36)27-14-15-7-6-12-35-15)13-21(30)18-10-5-11-19-22(18)24(32)17-9-4-3-8-16(17)23(19)31/h3-12H,2,13-14H2,1H3,(H2,27,29,36)/b28-20-. The molecular weight excluding hydrogens is 482 g/mol. The number of esters is 1. The van der Waals surface area contributed by atoms with Crippen LogP contribution in [-0.2, 0) is 16.1 Å². The second kappa shape index (κ2) is 10.9. The molecule has 0 bridgehead atoms. The summed E-state index contributed by atoms with van der Waals surface area (Å²) in [5.74, 6) is -1.53. The van der Waals surface area contributed by atoms with Crippen LogP contribution >= 0.6 is 12.2 Å². The van der Waals surface area contributed by atoms with E-state index in [4.69, 9.17) is 21.4 Å². The smallest absolute Gasteiger partial charge is 0.354 e. The lowest BCUT2D eigenvalue weighted by Gasteiger charge is -2.19. The van der Waals surface area contributed by atoms with E-state index in [1.165, 1.54) is 24.5 Å². The van der Waals surface area contributed by atoms with Gasteiger partial charge in [0.1, 0.15) is 5.76 Å². The molecule has 0 saturated carbocycles. The molecule has 0 saturated heterocycles. The third-order valence-corrected chi connectivity index (χ3v) is 5.62. The van der Waals surface area contributed by atoms with E-state index in [0.29, 0.717) is 5.76 Å². The van der Waals surface area contributed by atoms with Gasteiger partial charge in [0.25, 0.3) is 0 Å².